The maximum Gasteiger partial charge on any atom is 0.309 e. The van der Waals surface area contributed by atoms with Crippen molar-refractivity contribution in [2.45, 2.75) is 85.2 Å². The molecular formula is C23H40N2O2. The molecule has 2 aliphatic carbocycles. The lowest BCUT2D eigenvalue weighted by atomic mass is 9.83. The van der Waals surface area contributed by atoms with E-state index in [2.05, 4.69) is 52.1 Å². The highest BCUT2D eigenvalue weighted by atomic mass is 16.6. The molecule has 0 bridgehead atoms. The van der Waals surface area contributed by atoms with Crippen LogP contribution in [0.15, 0.2) is 23.4 Å². The zero-order valence-corrected chi connectivity index (χ0v) is 18.1. The molecule has 2 aliphatic rings. The van der Waals surface area contributed by atoms with E-state index in [0.29, 0.717) is 5.92 Å². The molecule has 0 radical (unpaired) electrons. The molecule has 0 aromatic carbocycles. The van der Waals surface area contributed by atoms with Crippen molar-refractivity contribution in [2.75, 3.05) is 13.1 Å². The second-order valence-electron chi connectivity index (χ2n) is 9.85. The number of hydrogen-bond acceptors (Lipinski definition) is 4. The Bertz CT molecular complexity index is 573. The summed E-state index contributed by atoms with van der Waals surface area (Å²) in [5.41, 5.74) is 8.27. The molecule has 2 rings (SSSR count). The molecule has 0 aliphatic heterocycles. The summed E-state index contributed by atoms with van der Waals surface area (Å²) < 4.78 is 5.94. The highest BCUT2D eigenvalue weighted by Gasteiger charge is 2.53. The number of carbonyl (C=O) groups excluding carboxylic acids is 1. The standard InChI is InChI=1S/C23H40N2O2/c1-6-18(13-22(2,3)4)21(26)27-23(5)14-19(23)16-25-15-17-9-7-11-20(24)12-8-10-17/h9,12,18-19,25H,6-8,10-11,13-16,24H2,1-5H3/b17-9-,20-12+. The second-order valence-corrected chi connectivity index (χ2v) is 9.85. The Balaban J connectivity index is 1.72. The Morgan fingerprint density at radius 3 is 2.70 bits per heavy atom. The Labute approximate surface area is 166 Å². The SMILES string of the molecule is CCC(CC(C)(C)C)C(=O)OC1(C)CC1CNC/C1=C\CC/C(N)=C\CC1. The predicted molar refractivity (Wildman–Crippen MR) is 112 cm³/mol. The topological polar surface area (TPSA) is 64.3 Å². The van der Waals surface area contributed by atoms with Crippen LogP contribution in [0, 0.1) is 17.3 Å². The number of nitrogens with two attached hydrogens (primary N) is 1. The third-order valence-corrected chi connectivity index (χ3v) is 5.85. The Morgan fingerprint density at radius 2 is 2.04 bits per heavy atom. The van der Waals surface area contributed by atoms with Crippen molar-refractivity contribution in [3.8, 4) is 0 Å². The van der Waals surface area contributed by atoms with Crippen LogP contribution >= 0.6 is 0 Å². The molecule has 0 aromatic heterocycles. The van der Waals surface area contributed by atoms with E-state index in [-0.39, 0.29) is 22.9 Å². The molecule has 0 saturated heterocycles. The van der Waals surface area contributed by atoms with Gasteiger partial charge in [0, 0.05) is 24.7 Å². The molecule has 0 aromatic rings. The normalized spacial score (nSPS) is 30.9. The first-order valence-electron chi connectivity index (χ1n) is 10.7. The zero-order valence-electron chi connectivity index (χ0n) is 18.1. The van der Waals surface area contributed by atoms with E-state index in [4.69, 9.17) is 10.5 Å². The number of allylic oxidation sites excluding steroid dienone is 3. The van der Waals surface area contributed by atoms with Gasteiger partial charge >= 0.3 is 5.97 Å². The molecule has 3 unspecified atom stereocenters. The number of carbonyl (C=O) groups is 1. The first-order valence-corrected chi connectivity index (χ1v) is 10.7. The Morgan fingerprint density at radius 1 is 1.33 bits per heavy atom. The quantitative estimate of drug-likeness (QED) is 0.476. The van der Waals surface area contributed by atoms with Crippen LogP contribution in [0.5, 0.6) is 0 Å². The molecule has 3 N–H and O–H groups in total. The minimum atomic E-state index is -0.276. The summed E-state index contributed by atoms with van der Waals surface area (Å²) in [4.78, 5) is 12.6. The maximum atomic E-state index is 12.6. The molecule has 4 heteroatoms. The fourth-order valence-corrected chi connectivity index (χ4v) is 3.95. The summed E-state index contributed by atoms with van der Waals surface area (Å²) in [7, 11) is 0. The summed E-state index contributed by atoms with van der Waals surface area (Å²) in [5, 5.41) is 3.57. The van der Waals surface area contributed by atoms with Crippen LogP contribution in [0.4, 0.5) is 0 Å². The van der Waals surface area contributed by atoms with Gasteiger partial charge in [-0.25, -0.2) is 0 Å². The minimum Gasteiger partial charge on any atom is -0.459 e. The average Bonchev–Trinajstić information content (AvgIpc) is 3.18. The smallest absolute Gasteiger partial charge is 0.309 e. The average molecular weight is 377 g/mol. The molecule has 4 nitrogen and oxygen atoms in total. The van der Waals surface area contributed by atoms with Gasteiger partial charge in [-0.05, 0) is 57.3 Å². The summed E-state index contributed by atoms with van der Waals surface area (Å²) in [6.07, 6.45) is 11.3. The predicted octanol–water partition coefficient (Wildman–Crippen LogP) is 4.70. The molecule has 3 atom stereocenters. The van der Waals surface area contributed by atoms with Gasteiger partial charge in [0.1, 0.15) is 5.60 Å². The molecular weight excluding hydrogens is 336 g/mol. The van der Waals surface area contributed by atoms with E-state index in [1.54, 1.807) is 0 Å². The molecule has 0 spiro atoms. The Kier molecular flexibility index (Phi) is 7.55. The van der Waals surface area contributed by atoms with Gasteiger partial charge in [0.25, 0.3) is 0 Å². The van der Waals surface area contributed by atoms with Crippen molar-refractivity contribution in [3.05, 3.63) is 23.4 Å². The first kappa shape index (κ1) is 22.0. The fourth-order valence-electron chi connectivity index (χ4n) is 3.95. The van der Waals surface area contributed by atoms with Crippen molar-refractivity contribution in [1.82, 2.24) is 5.32 Å². The number of nitrogens with one attached hydrogen (secondary N) is 1. The summed E-state index contributed by atoms with van der Waals surface area (Å²) in [6, 6.07) is 0. The van der Waals surface area contributed by atoms with Gasteiger partial charge in [0.05, 0.1) is 5.92 Å². The van der Waals surface area contributed by atoms with E-state index in [0.717, 1.165) is 63.7 Å². The molecule has 0 heterocycles. The fraction of sp³-hybridized carbons (Fsp3) is 0.783. The van der Waals surface area contributed by atoms with E-state index in [1.165, 1.54) is 5.57 Å². The van der Waals surface area contributed by atoms with Gasteiger partial charge in [-0.3, -0.25) is 4.79 Å². The maximum absolute atomic E-state index is 12.6. The second kappa shape index (κ2) is 9.27. The van der Waals surface area contributed by atoms with E-state index < -0.39 is 0 Å². The number of esters is 1. The van der Waals surface area contributed by atoms with Crippen molar-refractivity contribution in [1.29, 1.82) is 0 Å². The van der Waals surface area contributed by atoms with E-state index in [9.17, 15) is 4.79 Å². The third-order valence-electron chi connectivity index (χ3n) is 5.85. The van der Waals surface area contributed by atoms with Crippen molar-refractivity contribution in [3.63, 3.8) is 0 Å². The summed E-state index contributed by atoms with van der Waals surface area (Å²) >= 11 is 0. The highest BCUT2D eigenvalue weighted by Crippen LogP contribution is 2.47. The van der Waals surface area contributed by atoms with Gasteiger partial charge in [-0.15, -0.1) is 0 Å². The van der Waals surface area contributed by atoms with Gasteiger partial charge in [-0.2, -0.15) is 0 Å². The monoisotopic (exact) mass is 376 g/mol. The van der Waals surface area contributed by atoms with Crippen LogP contribution in [-0.4, -0.2) is 24.7 Å². The largest absolute Gasteiger partial charge is 0.459 e. The summed E-state index contributed by atoms with van der Waals surface area (Å²) in [6.45, 7) is 12.6. The van der Waals surface area contributed by atoms with Crippen LogP contribution in [0.25, 0.3) is 0 Å². The van der Waals surface area contributed by atoms with Gasteiger partial charge < -0.3 is 15.8 Å². The molecule has 0 amide bonds. The zero-order chi connectivity index (χ0) is 20.1. The molecule has 1 saturated carbocycles. The minimum absolute atomic E-state index is 0.00970. The van der Waals surface area contributed by atoms with Gasteiger partial charge in [0.15, 0.2) is 0 Å². The van der Waals surface area contributed by atoms with Crippen molar-refractivity contribution in [2.24, 2.45) is 23.0 Å². The lowest BCUT2D eigenvalue weighted by Gasteiger charge is -2.25. The highest BCUT2D eigenvalue weighted by molar-refractivity contribution is 5.73. The van der Waals surface area contributed by atoms with Gasteiger partial charge in [0.2, 0.25) is 0 Å². The number of ether oxygens (including phenoxy) is 1. The number of rotatable bonds is 8. The van der Waals surface area contributed by atoms with Gasteiger partial charge in [-0.1, -0.05) is 45.4 Å². The van der Waals surface area contributed by atoms with Crippen LogP contribution in [0.3, 0.4) is 0 Å². The lowest BCUT2D eigenvalue weighted by Crippen LogP contribution is -2.30. The molecule has 154 valence electrons. The summed E-state index contributed by atoms with van der Waals surface area (Å²) in [5.74, 6) is 0.430. The first-order chi connectivity index (χ1) is 12.6. The third kappa shape index (κ3) is 7.33. The van der Waals surface area contributed by atoms with Crippen molar-refractivity contribution >= 4 is 5.97 Å². The Hall–Kier alpha value is -1.29. The molecule has 27 heavy (non-hydrogen) atoms. The molecule has 1 fully saturated rings. The van der Waals surface area contributed by atoms with Crippen LogP contribution in [-0.2, 0) is 9.53 Å². The van der Waals surface area contributed by atoms with E-state index >= 15 is 0 Å². The van der Waals surface area contributed by atoms with Crippen LogP contribution in [0.2, 0.25) is 0 Å². The van der Waals surface area contributed by atoms with Crippen LogP contribution < -0.4 is 11.1 Å². The number of hydrogen-bond donors (Lipinski definition) is 2. The van der Waals surface area contributed by atoms with E-state index in [1.807, 2.05) is 0 Å². The van der Waals surface area contributed by atoms with Crippen molar-refractivity contribution < 1.29 is 9.53 Å². The lowest BCUT2D eigenvalue weighted by molar-refractivity contribution is -0.157. The van der Waals surface area contributed by atoms with Crippen LogP contribution in [0.1, 0.15) is 79.6 Å².